The molecule has 10 heteroatoms. The van der Waals surface area contributed by atoms with Crippen LogP contribution in [-0.4, -0.2) is 58.0 Å². The van der Waals surface area contributed by atoms with Crippen molar-refractivity contribution in [2.45, 2.75) is 24.2 Å². The molecule has 0 saturated carbocycles. The van der Waals surface area contributed by atoms with Gasteiger partial charge in [0.25, 0.3) is 0 Å². The molecule has 0 atom stereocenters. The molecule has 1 fully saturated rings. The first-order chi connectivity index (χ1) is 14.1. The van der Waals surface area contributed by atoms with Crippen LogP contribution in [0.3, 0.4) is 0 Å². The lowest BCUT2D eigenvalue weighted by atomic mass is 10.3. The van der Waals surface area contributed by atoms with Crippen molar-refractivity contribution in [2.75, 3.05) is 49.6 Å². The summed E-state index contributed by atoms with van der Waals surface area (Å²) in [6, 6.07) is 6.60. The lowest BCUT2D eigenvalue weighted by molar-refractivity contribution is 0.297. The molecule has 2 N–H and O–H groups in total. The Balaban J connectivity index is 1.32. The van der Waals surface area contributed by atoms with E-state index in [9.17, 15) is 8.42 Å². The highest BCUT2D eigenvalue weighted by atomic mass is 32.2. The summed E-state index contributed by atoms with van der Waals surface area (Å²) in [5.74, 6) is 1.65. The van der Waals surface area contributed by atoms with Crippen molar-refractivity contribution in [3.05, 3.63) is 30.5 Å². The quantitative estimate of drug-likeness (QED) is 0.653. The van der Waals surface area contributed by atoms with Gasteiger partial charge in [0, 0.05) is 44.7 Å². The first-order valence-electron chi connectivity index (χ1n) is 9.83. The van der Waals surface area contributed by atoms with Crippen LogP contribution in [0.5, 0.6) is 11.5 Å². The number of sulfonamides is 1. The smallest absolute Gasteiger partial charge is 0.240 e. The van der Waals surface area contributed by atoms with Crippen LogP contribution in [0.15, 0.2) is 35.4 Å². The Morgan fingerprint density at radius 3 is 2.62 bits per heavy atom. The Morgan fingerprint density at radius 2 is 1.79 bits per heavy atom. The third kappa shape index (κ3) is 4.88. The Labute approximate surface area is 170 Å². The molecular formula is C19H25N5O4S. The second-order valence-corrected chi connectivity index (χ2v) is 8.74. The lowest BCUT2D eigenvalue weighted by Gasteiger charge is -2.17. The molecule has 0 spiro atoms. The molecule has 2 aromatic rings. The van der Waals surface area contributed by atoms with Gasteiger partial charge >= 0.3 is 0 Å². The summed E-state index contributed by atoms with van der Waals surface area (Å²) in [4.78, 5) is 2.42. The molecule has 3 heterocycles. The molecule has 2 aliphatic heterocycles. The number of nitrogens with zero attached hydrogens (tertiary/aromatic N) is 3. The number of benzene rings is 1. The number of ether oxygens (including phenoxy) is 2. The summed E-state index contributed by atoms with van der Waals surface area (Å²) in [6.45, 7) is 3.73. The summed E-state index contributed by atoms with van der Waals surface area (Å²) < 4.78 is 38.9. The van der Waals surface area contributed by atoms with Gasteiger partial charge in [0.2, 0.25) is 10.0 Å². The average molecular weight is 420 g/mol. The largest absolute Gasteiger partial charge is 0.490 e. The summed E-state index contributed by atoms with van der Waals surface area (Å²) >= 11 is 0. The second-order valence-electron chi connectivity index (χ2n) is 6.98. The van der Waals surface area contributed by atoms with Crippen LogP contribution in [0.2, 0.25) is 0 Å². The Hall–Kier alpha value is -2.59. The number of hydrogen-bond acceptors (Lipinski definition) is 8. The van der Waals surface area contributed by atoms with Crippen LogP contribution in [0, 0.1) is 0 Å². The van der Waals surface area contributed by atoms with Gasteiger partial charge in [-0.1, -0.05) is 0 Å². The Bertz CT molecular complexity index is 947. The van der Waals surface area contributed by atoms with Crippen LogP contribution < -0.4 is 24.4 Å². The van der Waals surface area contributed by atoms with Crippen molar-refractivity contribution in [3.63, 3.8) is 0 Å². The van der Waals surface area contributed by atoms with E-state index in [1.807, 2.05) is 6.07 Å². The molecule has 1 aromatic carbocycles. The van der Waals surface area contributed by atoms with Gasteiger partial charge in [-0.15, -0.1) is 5.10 Å². The van der Waals surface area contributed by atoms with Gasteiger partial charge in [-0.2, -0.15) is 5.10 Å². The topological polar surface area (TPSA) is 106 Å². The minimum absolute atomic E-state index is 0.151. The zero-order chi connectivity index (χ0) is 20.1. The number of rotatable bonds is 7. The molecule has 2 aliphatic rings. The summed E-state index contributed by atoms with van der Waals surface area (Å²) in [5.41, 5.74) is 1.03. The summed E-state index contributed by atoms with van der Waals surface area (Å²) in [5, 5.41) is 11.2. The molecule has 4 rings (SSSR count). The van der Waals surface area contributed by atoms with E-state index >= 15 is 0 Å². The minimum atomic E-state index is -3.65. The number of nitrogens with one attached hydrogen (secondary N) is 2. The predicted molar refractivity (Wildman–Crippen MR) is 109 cm³/mol. The number of fused-ring (bicyclic) bond motifs is 1. The van der Waals surface area contributed by atoms with Crippen molar-refractivity contribution in [1.82, 2.24) is 14.9 Å². The van der Waals surface area contributed by atoms with E-state index in [1.165, 1.54) is 25.0 Å². The fraction of sp³-hybridized carbons (Fsp3) is 0.474. The van der Waals surface area contributed by atoms with E-state index in [1.54, 1.807) is 12.3 Å². The van der Waals surface area contributed by atoms with Gasteiger partial charge in [-0.05, 0) is 25.0 Å². The van der Waals surface area contributed by atoms with Crippen LogP contribution in [0.1, 0.15) is 19.3 Å². The normalized spacial score (nSPS) is 16.5. The van der Waals surface area contributed by atoms with Crippen molar-refractivity contribution in [2.24, 2.45) is 0 Å². The highest BCUT2D eigenvalue weighted by Crippen LogP contribution is 2.31. The average Bonchev–Trinajstić information content (AvgIpc) is 3.17. The van der Waals surface area contributed by atoms with Crippen LogP contribution in [0.4, 0.5) is 11.5 Å². The summed E-state index contributed by atoms with van der Waals surface area (Å²) in [6.07, 6.45) is 4.89. The van der Waals surface area contributed by atoms with E-state index < -0.39 is 10.0 Å². The van der Waals surface area contributed by atoms with Crippen molar-refractivity contribution >= 4 is 21.5 Å². The van der Waals surface area contributed by atoms with Crippen molar-refractivity contribution in [3.8, 4) is 11.5 Å². The van der Waals surface area contributed by atoms with Crippen LogP contribution in [-0.2, 0) is 10.0 Å². The lowest BCUT2D eigenvalue weighted by Crippen LogP contribution is -2.29. The molecule has 0 amide bonds. The Kier molecular flexibility index (Phi) is 6.00. The first-order valence-corrected chi connectivity index (χ1v) is 11.3. The maximum absolute atomic E-state index is 12.6. The van der Waals surface area contributed by atoms with Crippen molar-refractivity contribution < 1.29 is 17.9 Å². The van der Waals surface area contributed by atoms with E-state index in [-0.39, 0.29) is 11.4 Å². The predicted octanol–water partition coefficient (Wildman–Crippen LogP) is 1.63. The standard InChI is InChI=1S/C19H25N5O4S/c25-29(26,16-4-5-17-18(13-16)28-11-3-10-27-17)22-7-6-20-19-12-15(14-21-23-19)24-8-1-2-9-24/h4-5,12-14,22H,1-3,6-11H2,(H,20,23). The number of aromatic nitrogens is 2. The number of hydrogen-bond donors (Lipinski definition) is 2. The van der Waals surface area contributed by atoms with Gasteiger partial charge in [-0.25, -0.2) is 13.1 Å². The Morgan fingerprint density at radius 1 is 1.00 bits per heavy atom. The monoisotopic (exact) mass is 419 g/mol. The minimum Gasteiger partial charge on any atom is -0.490 e. The van der Waals surface area contributed by atoms with Gasteiger partial charge in [0.1, 0.15) is 0 Å². The maximum atomic E-state index is 12.6. The van der Waals surface area contributed by atoms with Crippen LogP contribution in [0.25, 0.3) is 0 Å². The SMILES string of the molecule is O=S(=O)(NCCNc1cc(N2CCCC2)cnn1)c1ccc2c(c1)OCCCO2. The van der Waals surface area contributed by atoms with E-state index in [4.69, 9.17) is 9.47 Å². The molecule has 9 nitrogen and oxygen atoms in total. The molecule has 0 bridgehead atoms. The third-order valence-corrected chi connectivity index (χ3v) is 6.32. The highest BCUT2D eigenvalue weighted by Gasteiger charge is 2.18. The second kappa shape index (κ2) is 8.83. The zero-order valence-electron chi connectivity index (χ0n) is 16.1. The van der Waals surface area contributed by atoms with E-state index in [0.29, 0.717) is 37.1 Å². The third-order valence-electron chi connectivity index (χ3n) is 4.86. The molecule has 0 radical (unpaired) electrons. The highest BCUT2D eigenvalue weighted by molar-refractivity contribution is 7.89. The van der Waals surface area contributed by atoms with Gasteiger partial charge in [-0.3, -0.25) is 0 Å². The summed E-state index contributed by atoms with van der Waals surface area (Å²) in [7, 11) is -3.65. The fourth-order valence-electron chi connectivity index (χ4n) is 3.36. The van der Waals surface area contributed by atoms with E-state index in [2.05, 4.69) is 25.1 Å². The maximum Gasteiger partial charge on any atom is 0.240 e. The molecule has 156 valence electrons. The van der Waals surface area contributed by atoms with Gasteiger partial charge < -0.3 is 19.7 Å². The van der Waals surface area contributed by atoms with Gasteiger partial charge in [0.05, 0.1) is 30.0 Å². The van der Waals surface area contributed by atoms with E-state index in [0.717, 1.165) is 25.2 Å². The molecule has 1 saturated heterocycles. The number of anilines is 2. The molecule has 0 unspecified atom stereocenters. The molecule has 29 heavy (non-hydrogen) atoms. The molecule has 1 aromatic heterocycles. The zero-order valence-corrected chi connectivity index (χ0v) is 17.0. The molecule has 0 aliphatic carbocycles. The van der Waals surface area contributed by atoms with Crippen LogP contribution >= 0.6 is 0 Å². The van der Waals surface area contributed by atoms with Crippen molar-refractivity contribution in [1.29, 1.82) is 0 Å². The molecular weight excluding hydrogens is 394 g/mol. The first kappa shape index (κ1) is 19.7. The van der Waals surface area contributed by atoms with Gasteiger partial charge in [0.15, 0.2) is 17.3 Å². The fourth-order valence-corrected chi connectivity index (χ4v) is 4.41.